The fraction of sp³-hybridized carbons (Fsp3) is 0.263. The van der Waals surface area contributed by atoms with E-state index >= 15 is 0 Å². The Morgan fingerprint density at radius 3 is 2.89 bits per heavy atom. The highest BCUT2D eigenvalue weighted by Gasteiger charge is 2.28. The smallest absolute Gasteiger partial charge is 0.319 e. The normalized spacial score (nSPS) is 16.7. The Balaban J connectivity index is 1.38. The molecule has 2 heterocycles. The molecule has 2 aromatic carbocycles. The maximum atomic E-state index is 12.2. The zero-order valence-electron chi connectivity index (χ0n) is 14.4. The summed E-state index contributed by atoms with van der Waals surface area (Å²) in [6.07, 6.45) is 1.99. The third-order valence-corrected chi connectivity index (χ3v) is 5.32. The number of nitrogens with one attached hydrogen (secondary N) is 2. The van der Waals surface area contributed by atoms with Crippen LogP contribution in [-0.2, 0) is 0 Å². The van der Waals surface area contributed by atoms with Crippen molar-refractivity contribution in [2.75, 3.05) is 23.3 Å². The van der Waals surface area contributed by atoms with Crippen LogP contribution in [0.25, 0.3) is 11.1 Å². The average molecular weight is 405 g/mol. The number of aromatic nitrogens is 1. The molecule has 0 radical (unpaired) electrons. The lowest BCUT2D eigenvalue weighted by Crippen LogP contribution is -2.41. The molecule has 0 aliphatic carbocycles. The maximum Gasteiger partial charge on any atom is 0.319 e. The highest BCUT2D eigenvalue weighted by Crippen LogP contribution is 2.28. The van der Waals surface area contributed by atoms with E-state index < -0.39 is 0 Å². The molecule has 0 spiro atoms. The molecule has 8 heteroatoms. The number of carbonyl (C=O) groups is 1. The number of urea groups is 1. The van der Waals surface area contributed by atoms with Gasteiger partial charge in [0.1, 0.15) is 5.52 Å². The second-order valence-corrected chi connectivity index (χ2v) is 7.23. The van der Waals surface area contributed by atoms with Gasteiger partial charge in [0.15, 0.2) is 5.58 Å². The van der Waals surface area contributed by atoms with Gasteiger partial charge in [0.05, 0.1) is 16.1 Å². The van der Waals surface area contributed by atoms with Crippen LogP contribution in [0.15, 0.2) is 46.9 Å². The highest BCUT2D eigenvalue weighted by atomic mass is 35.5. The number of amides is 2. The summed E-state index contributed by atoms with van der Waals surface area (Å²) in [5, 5.41) is 6.51. The first-order valence-corrected chi connectivity index (χ1v) is 9.48. The molecule has 2 N–H and O–H groups in total. The molecule has 1 saturated heterocycles. The van der Waals surface area contributed by atoms with E-state index in [9.17, 15) is 4.79 Å². The van der Waals surface area contributed by atoms with E-state index in [0.717, 1.165) is 30.5 Å². The van der Waals surface area contributed by atoms with Gasteiger partial charge in [0, 0.05) is 18.8 Å². The molecule has 0 saturated carbocycles. The van der Waals surface area contributed by atoms with Crippen molar-refractivity contribution in [1.82, 2.24) is 10.3 Å². The van der Waals surface area contributed by atoms with Crippen LogP contribution in [0.2, 0.25) is 10.0 Å². The highest BCUT2D eigenvalue weighted by molar-refractivity contribution is 6.42. The first kappa shape index (κ1) is 17.9. The van der Waals surface area contributed by atoms with Crippen molar-refractivity contribution in [3.63, 3.8) is 0 Å². The molecule has 2 amide bonds. The second kappa shape index (κ2) is 7.66. The van der Waals surface area contributed by atoms with E-state index in [1.807, 2.05) is 24.3 Å². The first-order valence-electron chi connectivity index (χ1n) is 8.72. The SMILES string of the molecule is O=C(NCC1CCCN1c1nc2ccccc2o1)Nc1ccc(Cl)c(Cl)c1. The summed E-state index contributed by atoms with van der Waals surface area (Å²) in [5.74, 6) is 0. The van der Waals surface area contributed by atoms with Crippen molar-refractivity contribution in [1.29, 1.82) is 0 Å². The summed E-state index contributed by atoms with van der Waals surface area (Å²) in [4.78, 5) is 18.9. The number of halogens is 2. The average Bonchev–Trinajstić information content (AvgIpc) is 3.29. The number of hydrogen-bond donors (Lipinski definition) is 2. The number of para-hydroxylation sites is 2. The molecule has 1 aliphatic rings. The molecule has 1 aromatic heterocycles. The molecule has 140 valence electrons. The quantitative estimate of drug-likeness (QED) is 0.646. The third-order valence-electron chi connectivity index (χ3n) is 4.58. The summed E-state index contributed by atoms with van der Waals surface area (Å²) in [5.41, 5.74) is 2.19. The first-order chi connectivity index (χ1) is 13.1. The summed E-state index contributed by atoms with van der Waals surface area (Å²) >= 11 is 11.9. The van der Waals surface area contributed by atoms with Gasteiger partial charge in [0.25, 0.3) is 6.01 Å². The van der Waals surface area contributed by atoms with Crippen LogP contribution in [0, 0.1) is 0 Å². The van der Waals surface area contributed by atoms with Crippen molar-refractivity contribution >= 4 is 52.0 Å². The molecular weight excluding hydrogens is 387 g/mol. The Morgan fingerprint density at radius 2 is 2.07 bits per heavy atom. The van der Waals surface area contributed by atoms with Gasteiger partial charge < -0.3 is 20.0 Å². The van der Waals surface area contributed by atoms with Gasteiger partial charge in [-0.3, -0.25) is 0 Å². The Kier molecular flexibility index (Phi) is 5.09. The van der Waals surface area contributed by atoms with Crippen LogP contribution in [0.1, 0.15) is 12.8 Å². The molecule has 1 fully saturated rings. The number of carbonyl (C=O) groups excluding carboxylic acids is 1. The van der Waals surface area contributed by atoms with Gasteiger partial charge in [-0.15, -0.1) is 0 Å². The van der Waals surface area contributed by atoms with E-state index in [1.165, 1.54) is 0 Å². The predicted octanol–water partition coefficient (Wildman–Crippen LogP) is 4.93. The fourth-order valence-electron chi connectivity index (χ4n) is 3.24. The number of nitrogens with zero attached hydrogens (tertiary/aromatic N) is 2. The fourth-order valence-corrected chi connectivity index (χ4v) is 3.54. The van der Waals surface area contributed by atoms with Crippen molar-refractivity contribution in [2.45, 2.75) is 18.9 Å². The molecule has 27 heavy (non-hydrogen) atoms. The lowest BCUT2D eigenvalue weighted by Gasteiger charge is -2.23. The zero-order chi connectivity index (χ0) is 18.8. The molecule has 0 bridgehead atoms. The topological polar surface area (TPSA) is 70.4 Å². The zero-order valence-corrected chi connectivity index (χ0v) is 15.9. The van der Waals surface area contributed by atoms with E-state index in [4.69, 9.17) is 27.6 Å². The Labute approximate surface area is 166 Å². The summed E-state index contributed by atoms with van der Waals surface area (Å²) in [6.45, 7) is 1.35. The lowest BCUT2D eigenvalue weighted by atomic mass is 10.2. The van der Waals surface area contributed by atoms with Gasteiger partial charge in [-0.25, -0.2) is 4.79 Å². The lowest BCUT2D eigenvalue weighted by molar-refractivity contribution is 0.251. The van der Waals surface area contributed by atoms with Gasteiger partial charge in [-0.2, -0.15) is 4.98 Å². The van der Waals surface area contributed by atoms with Crippen molar-refractivity contribution in [2.24, 2.45) is 0 Å². The second-order valence-electron chi connectivity index (χ2n) is 6.42. The van der Waals surface area contributed by atoms with Gasteiger partial charge >= 0.3 is 6.03 Å². The summed E-state index contributed by atoms with van der Waals surface area (Å²) in [6, 6.07) is 13.1. The predicted molar refractivity (Wildman–Crippen MR) is 108 cm³/mol. The maximum absolute atomic E-state index is 12.2. The summed E-state index contributed by atoms with van der Waals surface area (Å²) in [7, 11) is 0. The standard InChI is InChI=1S/C19H18Cl2N4O2/c20-14-8-7-12(10-15(14)21)23-18(26)22-11-13-4-3-9-25(13)19-24-16-5-1-2-6-17(16)27-19/h1-2,5-8,10,13H,3-4,9,11H2,(H2,22,23,26). The van der Waals surface area contributed by atoms with Crippen LogP contribution in [-0.4, -0.2) is 30.1 Å². The van der Waals surface area contributed by atoms with Crippen LogP contribution >= 0.6 is 23.2 Å². The number of hydrogen-bond acceptors (Lipinski definition) is 4. The third kappa shape index (κ3) is 3.96. The minimum Gasteiger partial charge on any atom is -0.423 e. The number of benzene rings is 2. The van der Waals surface area contributed by atoms with Gasteiger partial charge in [-0.1, -0.05) is 35.3 Å². The van der Waals surface area contributed by atoms with Crippen molar-refractivity contribution in [3.05, 3.63) is 52.5 Å². The largest absolute Gasteiger partial charge is 0.423 e. The van der Waals surface area contributed by atoms with E-state index in [1.54, 1.807) is 18.2 Å². The molecule has 1 aliphatic heterocycles. The number of fused-ring (bicyclic) bond motifs is 1. The summed E-state index contributed by atoms with van der Waals surface area (Å²) < 4.78 is 5.87. The Bertz CT molecular complexity index is 942. The van der Waals surface area contributed by atoms with Crippen molar-refractivity contribution in [3.8, 4) is 0 Å². The van der Waals surface area contributed by atoms with Crippen LogP contribution < -0.4 is 15.5 Å². The molecule has 1 atom stereocenters. The van der Waals surface area contributed by atoms with Crippen LogP contribution in [0.5, 0.6) is 0 Å². The Morgan fingerprint density at radius 1 is 1.22 bits per heavy atom. The van der Waals surface area contributed by atoms with Crippen LogP contribution in [0.3, 0.4) is 0 Å². The molecule has 6 nitrogen and oxygen atoms in total. The van der Waals surface area contributed by atoms with Gasteiger partial charge in [0.2, 0.25) is 0 Å². The Hall–Kier alpha value is -2.44. The van der Waals surface area contributed by atoms with Crippen molar-refractivity contribution < 1.29 is 9.21 Å². The van der Waals surface area contributed by atoms with Gasteiger partial charge in [-0.05, 0) is 43.2 Å². The number of anilines is 2. The number of rotatable bonds is 4. The number of oxazole rings is 1. The molecule has 3 aromatic rings. The molecular formula is C19H18Cl2N4O2. The molecule has 4 rings (SSSR count). The molecule has 1 unspecified atom stereocenters. The van der Waals surface area contributed by atoms with E-state index in [-0.39, 0.29) is 12.1 Å². The van der Waals surface area contributed by atoms with Crippen LogP contribution in [0.4, 0.5) is 16.5 Å². The van der Waals surface area contributed by atoms with E-state index in [0.29, 0.717) is 28.3 Å². The van der Waals surface area contributed by atoms with E-state index in [2.05, 4.69) is 20.5 Å². The monoisotopic (exact) mass is 404 g/mol. The minimum absolute atomic E-state index is 0.137. The minimum atomic E-state index is -0.294.